The van der Waals surface area contributed by atoms with Crippen molar-refractivity contribution in [2.45, 2.75) is 0 Å². The molecule has 0 N–H and O–H groups in total. The van der Waals surface area contributed by atoms with E-state index in [-0.39, 0.29) is 0 Å². The Morgan fingerprint density at radius 1 is 0.941 bits per heavy atom. The van der Waals surface area contributed by atoms with Crippen molar-refractivity contribution in [3.05, 3.63) is 64.2 Å². The lowest BCUT2D eigenvalue weighted by Gasteiger charge is -2.09. The van der Waals surface area contributed by atoms with Crippen LogP contribution in [-0.4, -0.2) is 4.57 Å². The predicted molar refractivity (Wildman–Crippen MR) is 76.0 cm³/mol. The van der Waals surface area contributed by atoms with Gasteiger partial charge >= 0.3 is 0 Å². The molecule has 0 aliphatic rings. The van der Waals surface area contributed by atoms with Crippen LogP contribution in [0.2, 0.25) is 5.15 Å². The normalized spacial score (nSPS) is 10.9. The molecule has 2 aromatic carbocycles. The molecule has 0 aliphatic carbocycles. The number of benzene rings is 2. The van der Waals surface area contributed by atoms with Gasteiger partial charge in [0.25, 0.3) is 0 Å². The number of fused-ring (bicyclic) bond motifs is 1. The van der Waals surface area contributed by atoms with E-state index in [0.717, 1.165) is 26.2 Å². The van der Waals surface area contributed by atoms with E-state index < -0.39 is 0 Å². The second-order valence-corrected chi connectivity index (χ2v) is 5.05. The average Bonchev–Trinajstić information content (AvgIpc) is 2.66. The summed E-state index contributed by atoms with van der Waals surface area (Å²) in [5, 5.41) is 1.87. The van der Waals surface area contributed by atoms with Crippen LogP contribution in [0.4, 0.5) is 0 Å². The second-order valence-electron chi connectivity index (χ2n) is 3.81. The SMILES string of the molecule is Clc1cc2ccccc2n1-c1ccccc1Br. The van der Waals surface area contributed by atoms with Gasteiger partial charge in [0, 0.05) is 9.86 Å². The van der Waals surface area contributed by atoms with Crippen molar-refractivity contribution < 1.29 is 0 Å². The molecular weight excluding hydrogens is 298 g/mol. The topological polar surface area (TPSA) is 4.93 Å². The Labute approximate surface area is 113 Å². The van der Waals surface area contributed by atoms with Crippen LogP contribution in [0.15, 0.2) is 59.1 Å². The number of hydrogen-bond donors (Lipinski definition) is 0. The monoisotopic (exact) mass is 305 g/mol. The maximum absolute atomic E-state index is 6.32. The van der Waals surface area contributed by atoms with E-state index >= 15 is 0 Å². The summed E-state index contributed by atoms with van der Waals surface area (Å²) in [5.41, 5.74) is 2.17. The first-order valence-electron chi connectivity index (χ1n) is 5.28. The minimum atomic E-state index is 0.720. The third kappa shape index (κ3) is 1.78. The first-order chi connectivity index (χ1) is 8.27. The fraction of sp³-hybridized carbons (Fsp3) is 0. The van der Waals surface area contributed by atoms with Gasteiger partial charge in [-0.1, -0.05) is 41.9 Å². The van der Waals surface area contributed by atoms with Crippen molar-refractivity contribution in [1.29, 1.82) is 0 Å². The van der Waals surface area contributed by atoms with E-state index in [9.17, 15) is 0 Å². The lowest BCUT2D eigenvalue weighted by atomic mass is 10.2. The number of aromatic nitrogens is 1. The molecule has 17 heavy (non-hydrogen) atoms. The van der Waals surface area contributed by atoms with Crippen LogP contribution in [-0.2, 0) is 0 Å². The molecule has 0 radical (unpaired) electrons. The van der Waals surface area contributed by atoms with Gasteiger partial charge in [-0.2, -0.15) is 0 Å². The molecule has 0 atom stereocenters. The molecule has 0 unspecified atom stereocenters. The van der Waals surface area contributed by atoms with Gasteiger partial charge in [0.1, 0.15) is 5.15 Å². The van der Waals surface area contributed by atoms with Crippen molar-refractivity contribution in [2.75, 3.05) is 0 Å². The molecule has 0 aliphatic heterocycles. The molecule has 1 nitrogen and oxygen atoms in total. The van der Waals surface area contributed by atoms with E-state index in [1.165, 1.54) is 0 Å². The molecule has 3 heteroatoms. The number of para-hydroxylation sites is 2. The molecular formula is C14H9BrClN. The van der Waals surface area contributed by atoms with Gasteiger partial charge in [0.2, 0.25) is 0 Å². The summed E-state index contributed by atoms with van der Waals surface area (Å²) in [4.78, 5) is 0. The van der Waals surface area contributed by atoms with Crippen molar-refractivity contribution in [1.82, 2.24) is 4.57 Å². The summed E-state index contributed by atoms with van der Waals surface area (Å²) in [5.74, 6) is 0. The third-order valence-corrected chi connectivity index (χ3v) is 3.71. The summed E-state index contributed by atoms with van der Waals surface area (Å²) in [6.07, 6.45) is 0. The Morgan fingerprint density at radius 3 is 2.47 bits per heavy atom. The highest BCUT2D eigenvalue weighted by Gasteiger charge is 2.10. The lowest BCUT2D eigenvalue weighted by molar-refractivity contribution is 1.12. The van der Waals surface area contributed by atoms with Crippen molar-refractivity contribution in [3.63, 3.8) is 0 Å². The van der Waals surface area contributed by atoms with E-state index in [1.807, 2.05) is 47.0 Å². The summed E-state index contributed by atoms with van der Waals surface area (Å²) >= 11 is 9.87. The van der Waals surface area contributed by atoms with Gasteiger partial charge in [-0.3, -0.25) is 4.57 Å². The number of nitrogens with zero attached hydrogens (tertiary/aromatic N) is 1. The number of halogens is 2. The largest absolute Gasteiger partial charge is 0.299 e. The highest BCUT2D eigenvalue weighted by molar-refractivity contribution is 9.10. The molecule has 0 spiro atoms. The lowest BCUT2D eigenvalue weighted by Crippen LogP contribution is -1.94. The standard InChI is InChI=1S/C14H9BrClN/c15-11-6-2-4-8-13(11)17-12-7-3-1-5-10(12)9-14(17)16/h1-9H. The van der Waals surface area contributed by atoms with Crippen LogP contribution in [0, 0.1) is 0 Å². The summed E-state index contributed by atoms with van der Waals surface area (Å²) in [6.45, 7) is 0. The zero-order chi connectivity index (χ0) is 11.8. The molecule has 0 amide bonds. The molecule has 0 fully saturated rings. The van der Waals surface area contributed by atoms with Crippen molar-refractivity contribution in [2.24, 2.45) is 0 Å². The van der Waals surface area contributed by atoms with Gasteiger partial charge < -0.3 is 0 Å². The predicted octanol–water partition coefficient (Wildman–Crippen LogP) is 5.05. The fourth-order valence-electron chi connectivity index (χ4n) is 2.00. The first kappa shape index (κ1) is 10.9. The van der Waals surface area contributed by atoms with E-state index in [4.69, 9.17) is 11.6 Å². The summed E-state index contributed by atoms with van der Waals surface area (Å²) in [6, 6.07) is 18.2. The summed E-state index contributed by atoms with van der Waals surface area (Å²) in [7, 11) is 0. The highest BCUT2D eigenvalue weighted by atomic mass is 79.9. The van der Waals surface area contributed by atoms with Gasteiger partial charge in [0.15, 0.2) is 0 Å². The molecule has 0 bridgehead atoms. The van der Waals surface area contributed by atoms with E-state index in [1.54, 1.807) is 0 Å². The molecule has 0 saturated carbocycles. The van der Waals surface area contributed by atoms with Gasteiger partial charge in [-0.05, 0) is 40.2 Å². The first-order valence-corrected chi connectivity index (χ1v) is 6.45. The molecule has 3 rings (SSSR count). The van der Waals surface area contributed by atoms with Crippen molar-refractivity contribution in [3.8, 4) is 5.69 Å². The van der Waals surface area contributed by atoms with Crippen molar-refractivity contribution >= 4 is 38.4 Å². The average molecular weight is 307 g/mol. The van der Waals surface area contributed by atoms with Gasteiger partial charge in [-0.25, -0.2) is 0 Å². The Hall–Kier alpha value is -1.25. The van der Waals surface area contributed by atoms with Crippen LogP contribution in [0.3, 0.4) is 0 Å². The van der Waals surface area contributed by atoms with Crippen LogP contribution >= 0.6 is 27.5 Å². The van der Waals surface area contributed by atoms with E-state index in [2.05, 4.69) is 28.1 Å². The maximum Gasteiger partial charge on any atom is 0.114 e. The fourth-order valence-corrected chi connectivity index (χ4v) is 2.76. The molecule has 84 valence electrons. The van der Waals surface area contributed by atoms with Crippen LogP contribution in [0.25, 0.3) is 16.6 Å². The minimum absolute atomic E-state index is 0.720. The summed E-state index contributed by atoms with van der Waals surface area (Å²) < 4.78 is 3.07. The Kier molecular flexibility index (Phi) is 2.69. The second kappa shape index (κ2) is 4.21. The molecule has 1 aromatic heterocycles. The quantitative estimate of drug-likeness (QED) is 0.593. The zero-order valence-corrected chi connectivity index (χ0v) is 11.2. The maximum atomic E-state index is 6.32. The van der Waals surface area contributed by atoms with Crippen LogP contribution in [0.1, 0.15) is 0 Å². The third-order valence-electron chi connectivity index (χ3n) is 2.76. The number of hydrogen-bond acceptors (Lipinski definition) is 0. The number of rotatable bonds is 1. The molecule has 0 saturated heterocycles. The molecule has 3 aromatic rings. The zero-order valence-electron chi connectivity index (χ0n) is 8.90. The Morgan fingerprint density at radius 2 is 1.65 bits per heavy atom. The van der Waals surface area contributed by atoms with E-state index in [0.29, 0.717) is 0 Å². The van der Waals surface area contributed by atoms with Gasteiger partial charge in [-0.15, -0.1) is 0 Å². The van der Waals surface area contributed by atoms with Crippen LogP contribution < -0.4 is 0 Å². The Bertz CT molecular complexity index is 688. The highest BCUT2D eigenvalue weighted by Crippen LogP contribution is 2.31. The minimum Gasteiger partial charge on any atom is -0.299 e. The van der Waals surface area contributed by atoms with Crippen LogP contribution in [0.5, 0.6) is 0 Å². The van der Waals surface area contributed by atoms with Gasteiger partial charge in [0.05, 0.1) is 11.2 Å². The smallest absolute Gasteiger partial charge is 0.114 e. The Balaban J connectivity index is 2.38. The molecule has 1 heterocycles.